The van der Waals surface area contributed by atoms with Crippen molar-refractivity contribution >= 4 is 17.2 Å². The zero-order valence-corrected chi connectivity index (χ0v) is 10.4. The number of nitro benzene ring substituents is 1. The van der Waals surface area contributed by atoms with Crippen molar-refractivity contribution in [3.63, 3.8) is 0 Å². The number of methoxy groups -OCH3 is 1. The van der Waals surface area contributed by atoms with Gasteiger partial charge < -0.3 is 9.64 Å². The smallest absolute Gasteiger partial charge is 0.339 e. The standard InChI is InChI=1S/C12H14N2O4/c1-13(2)8-11(12(15)18-3)9-4-6-10(7-5-9)14(16)17/h4-8H,1-3H3/b11-8+. The van der Waals surface area contributed by atoms with Crippen LogP contribution in [0.3, 0.4) is 0 Å². The van der Waals surface area contributed by atoms with Crippen molar-refractivity contribution in [3.05, 3.63) is 46.1 Å². The molecule has 6 nitrogen and oxygen atoms in total. The van der Waals surface area contributed by atoms with Crippen LogP contribution in [-0.2, 0) is 9.53 Å². The van der Waals surface area contributed by atoms with Gasteiger partial charge in [-0.3, -0.25) is 10.1 Å². The highest BCUT2D eigenvalue weighted by atomic mass is 16.6. The molecule has 96 valence electrons. The van der Waals surface area contributed by atoms with Crippen molar-refractivity contribution in [2.45, 2.75) is 0 Å². The molecular formula is C12H14N2O4. The maximum Gasteiger partial charge on any atom is 0.339 e. The number of rotatable bonds is 4. The van der Waals surface area contributed by atoms with E-state index in [0.29, 0.717) is 11.1 Å². The molecule has 0 heterocycles. The number of esters is 1. The SMILES string of the molecule is COC(=O)/C(=C/N(C)C)c1ccc([N+](=O)[O-])cc1. The van der Waals surface area contributed by atoms with E-state index in [-0.39, 0.29) is 5.69 Å². The summed E-state index contributed by atoms with van der Waals surface area (Å²) in [4.78, 5) is 23.4. The summed E-state index contributed by atoms with van der Waals surface area (Å²) in [5.41, 5.74) is 0.895. The van der Waals surface area contributed by atoms with E-state index in [2.05, 4.69) is 4.74 Å². The van der Waals surface area contributed by atoms with Crippen LogP contribution in [0.2, 0.25) is 0 Å². The van der Waals surface area contributed by atoms with Gasteiger partial charge in [0, 0.05) is 32.4 Å². The number of non-ortho nitro benzene ring substituents is 1. The third-order valence-corrected chi connectivity index (χ3v) is 2.18. The molecule has 6 heteroatoms. The topological polar surface area (TPSA) is 72.7 Å². The second-order valence-electron chi connectivity index (χ2n) is 3.80. The predicted octanol–water partition coefficient (Wildman–Crippen LogP) is 1.67. The summed E-state index contributed by atoms with van der Waals surface area (Å²) in [6.45, 7) is 0. The lowest BCUT2D eigenvalue weighted by molar-refractivity contribution is -0.384. The Bertz CT molecular complexity index is 477. The number of nitro groups is 1. The predicted molar refractivity (Wildman–Crippen MR) is 66.8 cm³/mol. The van der Waals surface area contributed by atoms with Crippen LogP contribution < -0.4 is 0 Å². The number of nitrogens with zero attached hydrogens (tertiary/aromatic N) is 2. The molecule has 0 atom stereocenters. The van der Waals surface area contributed by atoms with Gasteiger partial charge in [0.05, 0.1) is 17.6 Å². The minimum Gasteiger partial charge on any atom is -0.465 e. The fourth-order valence-electron chi connectivity index (χ4n) is 1.38. The van der Waals surface area contributed by atoms with Crippen molar-refractivity contribution < 1.29 is 14.5 Å². The molecule has 0 aliphatic rings. The summed E-state index contributed by atoms with van der Waals surface area (Å²) in [5.74, 6) is -0.488. The summed E-state index contributed by atoms with van der Waals surface area (Å²) in [5, 5.41) is 10.5. The van der Waals surface area contributed by atoms with E-state index < -0.39 is 10.9 Å². The highest BCUT2D eigenvalue weighted by Crippen LogP contribution is 2.20. The quantitative estimate of drug-likeness (QED) is 0.352. The fraction of sp³-hybridized carbons (Fsp3) is 0.250. The lowest BCUT2D eigenvalue weighted by atomic mass is 10.1. The molecule has 0 N–H and O–H groups in total. The van der Waals surface area contributed by atoms with Crippen LogP contribution in [0.1, 0.15) is 5.56 Å². The summed E-state index contributed by atoms with van der Waals surface area (Å²) < 4.78 is 4.68. The molecule has 0 fully saturated rings. The number of carbonyl (C=O) groups is 1. The van der Waals surface area contributed by atoms with Crippen molar-refractivity contribution in [2.75, 3.05) is 21.2 Å². The maximum absolute atomic E-state index is 11.6. The monoisotopic (exact) mass is 250 g/mol. The first-order valence-electron chi connectivity index (χ1n) is 5.17. The maximum atomic E-state index is 11.6. The normalized spacial score (nSPS) is 10.9. The largest absolute Gasteiger partial charge is 0.465 e. The molecule has 0 aliphatic carbocycles. The van der Waals surface area contributed by atoms with Gasteiger partial charge in [-0.2, -0.15) is 0 Å². The average Bonchev–Trinajstić information content (AvgIpc) is 2.35. The van der Waals surface area contributed by atoms with Crippen LogP contribution in [0.5, 0.6) is 0 Å². The third kappa shape index (κ3) is 3.31. The van der Waals surface area contributed by atoms with Crippen LogP contribution in [0, 0.1) is 10.1 Å². The molecule has 0 unspecified atom stereocenters. The second kappa shape index (κ2) is 5.81. The van der Waals surface area contributed by atoms with Crippen LogP contribution in [0.4, 0.5) is 5.69 Å². The Labute approximate surface area is 105 Å². The van der Waals surface area contributed by atoms with E-state index in [1.54, 1.807) is 25.2 Å². The van der Waals surface area contributed by atoms with Crippen molar-refractivity contribution in [3.8, 4) is 0 Å². The third-order valence-electron chi connectivity index (χ3n) is 2.18. The molecule has 0 bridgehead atoms. The Morgan fingerprint density at radius 1 is 1.33 bits per heavy atom. The number of benzene rings is 1. The van der Waals surface area contributed by atoms with E-state index >= 15 is 0 Å². The molecule has 1 rings (SSSR count). The number of hydrogen-bond donors (Lipinski definition) is 0. The summed E-state index contributed by atoms with van der Waals surface area (Å²) in [6, 6.07) is 5.73. The first-order valence-corrected chi connectivity index (χ1v) is 5.17. The van der Waals surface area contributed by atoms with Crippen LogP contribution in [0.25, 0.3) is 5.57 Å². The Morgan fingerprint density at radius 2 is 1.89 bits per heavy atom. The Kier molecular flexibility index (Phi) is 4.42. The molecule has 0 saturated carbocycles. The van der Waals surface area contributed by atoms with Crippen molar-refractivity contribution in [2.24, 2.45) is 0 Å². The van der Waals surface area contributed by atoms with Crippen molar-refractivity contribution in [1.82, 2.24) is 4.90 Å². The van der Waals surface area contributed by atoms with Gasteiger partial charge in [0.1, 0.15) is 0 Å². The van der Waals surface area contributed by atoms with Gasteiger partial charge in [-0.25, -0.2) is 4.79 Å². The number of hydrogen-bond acceptors (Lipinski definition) is 5. The molecule has 0 radical (unpaired) electrons. The molecule has 0 aliphatic heterocycles. The minimum atomic E-state index is -0.489. The average molecular weight is 250 g/mol. The molecular weight excluding hydrogens is 236 g/mol. The Balaban J connectivity index is 3.14. The highest BCUT2D eigenvalue weighted by molar-refractivity contribution is 6.16. The lowest BCUT2D eigenvalue weighted by Gasteiger charge is -2.10. The summed E-state index contributed by atoms with van der Waals surface area (Å²) in [7, 11) is 4.83. The van der Waals surface area contributed by atoms with Gasteiger partial charge >= 0.3 is 5.97 Å². The molecule has 0 saturated heterocycles. The second-order valence-corrected chi connectivity index (χ2v) is 3.80. The molecule has 0 amide bonds. The molecule has 1 aromatic carbocycles. The molecule has 1 aromatic rings. The van der Waals surface area contributed by atoms with Crippen LogP contribution >= 0.6 is 0 Å². The van der Waals surface area contributed by atoms with E-state index in [9.17, 15) is 14.9 Å². The zero-order valence-electron chi connectivity index (χ0n) is 10.4. The van der Waals surface area contributed by atoms with Gasteiger partial charge in [-0.1, -0.05) is 0 Å². The van der Waals surface area contributed by atoms with E-state index in [1.807, 2.05) is 0 Å². The van der Waals surface area contributed by atoms with Gasteiger partial charge in [-0.15, -0.1) is 0 Å². The van der Waals surface area contributed by atoms with E-state index in [4.69, 9.17) is 0 Å². The van der Waals surface area contributed by atoms with Crippen molar-refractivity contribution in [1.29, 1.82) is 0 Å². The van der Waals surface area contributed by atoms with Gasteiger partial charge in [-0.05, 0) is 17.7 Å². The lowest BCUT2D eigenvalue weighted by Crippen LogP contribution is -2.10. The molecule has 0 spiro atoms. The van der Waals surface area contributed by atoms with E-state index in [0.717, 1.165) is 0 Å². The van der Waals surface area contributed by atoms with E-state index in [1.165, 1.54) is 31.4 Å². The number of ether oxygens (including phenoxy) is 1. The first kappa shape index (κ1) is 13.7. The Hall–Kier alpha value is -2.37. The van der Waals surface area contributed by atoms with Gasteiger partial charge in [0.25, 0.3) is 5.69 Å². The first-order chi connectivity index (χ1) is 8.45. The van der Waals surface area contributed by atoms with Crippen LogP contribution in [-0.4, -0.2) is 37.0 Å². The van der Waals surface area contributed by atoms with Crippen LogP contribution in [0.15, 0.2) is 30.5 Å². The molecule has 0 aromatic heterocycles. The highest BCUT2D eigenvalue weighted by Gasteiger charge is 2.14. The van der Waals surface area contributed by atoms with Gasteiger partial charge in [0.15, 0.2) is 0 Å². The zero-order chi connectivity index (χ0) is 13.7. The summed E-state index contributed by atoms with van der Waals surface area (Å²) in [6.07, 6.45) is 1.60. The minimum absolute atomic E-state index is 0.0205. The molecule has 18 heavy (non-hydrogen) atoms. The summed E-state index contributed by atoms with van der Waals surface area (Å²) >= 11 is 0. The number of carbonyl (C=O) groups excluding carboxylic acids is 1. The van der Waals surface area contributed by atoms with Gasteiger partial charge in [0.2, 0.25) is 0 Å². The Morgan fingerprint density at radius 3 is 2.28 bits per heavy atom. The fourth-order valence-corrected chi connectivity index (χ4v) is 1.38.